The number of carboxylic acid groups (broad SMARTS) is 1. The van der Waals surface area contributed by atoms with Gasteiger partial charge in [0.2, 0.25) is 5.91 Å². The summed E-state index contributed by atoms with van der Waals surface area (Å²) in [7, 11) is 0. The van der Waals surface area contributed by atoms with E-state index in [4.69, 9.17) is 5.11 Å². The van der Waals surface area contributed by atoms with Crippen molar-refractivity contribution < 1.29 is 19.6 Å². The maximum Gasteiger partial charge on any atom is 0.305 e. The van der Waals surface area contributed by atoms with Crippen LogP contribution in [0.25, 0.3) is 0 Å². The normalized spacial score (nSPS) is 10.2. The quantitative estimate of drug-likeness (QED) is 0.594. The third-order valence-corrected chi connectivity index (χ3v) is 3.66. The van der Waals surface area contributed by atoms with Crippen molar-refractivity contribution >= 4 is 33.5 Å². The van der Waals surface area contributed by atoms with E-state index < -0.39 is 10.9 Å². The van der Waals surface area contributed by atoms with Gasteiger partial charge in [0, 0.05) is 29.7 Å². The number of benzene rings is 1. The summed E-state index contributed by atoms with van der Waals surface area (Å²) in [5.41, 5.74) is 0.565. The fraction of sp³-hybridized carbons (Fsp3) is 0.385. The number of nitro groups is 1. The zero-order chi connectivity index (χ0) is 16.0. The second kappa shape index (κ2) is 7.72. The average Bonchev–Trinajstić information content (AvgIpc) is 2.41. The number of halogens is 1. The van der Waals surface area contributed by atoms with Crippen LogP contribution in [-0.4, -0.2) is 39.9 Å². The van der Waals surface area contributed by atoms with Crippen LogP contribution in [-0.2, 0) is 16.0 Å². The van der Waals surface area contributed by atoms with Gasteiger partial charge in [0.25, 0.3) is 5.69 Å². The molecule has 0 heterocycles. The van der Waals surface area contributed by atoms with Crippen LogP contribution in [0.5, 0.6) is 0 Å². The smallest absolute Gasteiger partial charge is 0.305 e. The van der Waals surface area contributed by atoms with Crippen molar-refractivity contribution in [2.45, 2.75) is 19.8 Å². The van der Waals surface area contributed by atoms with Crippen molar-refractivity contribution in [3.05, 3.63) is 38.3 Å². The van der Waals surface area contributed by atoms with E-state index in [-0.39, 0.29) is 31.0 Å². The molecule has 0 aliphatic rings. The molecule has 1 amide bonds. The molecule has 0 aliphatic heterocycles. The average molecular weight is 359 g/mol. The first-order chi connectivity index (χ1) is 9.85. The van der Waals surface area contributed by atoms with Crippen LogP contribution in [0.3, 0.4) is 0 Å². The Hall–Kier alpha value is -1.96. The molecule has 0 fully saturated rings. The van der Waals surface area contributed by atoms with Crippen molar-refractivity contribution in [1.29, 1.82) is 0 Å². The maximum atomic E-state index is 12.1. The van der Waals surface area contributed by atoms with Gasteiger partial charge in [-0.25, -0.2) is 0 Å². The lowest BCUT2D eigenvalue weighted by molar-refractivity contribution is -0.384. The molecule has 0 spiro atoms. The Kier molecular flexibility index (Phi) is 6.29. The molecule has 0 saturated carbocycles. The second-order valence-electron chi connectivity index (χ2n) is 4.33. The SMILES string of the molecule is CCN(CCC(=O)O)C(=O)Cc1ccc([N+](=O)[O-])cc1Br. The Morgan fingerprint density at radius 3 is 2.57 bits per heavy atom. The van der Waals surface area contributed by atoms with E-state index in [1.165, 1.54) is 23.1 Å². The van der Waals surface area contributed by atoms with E-state index in [1.807, 2.05) is 0 Å². The van der Waals surface area contributed by atoms with Gasteiger partial charge < -0.3 is 10.0 Å². The third-order valence-electron chi connectivity index (χ3n) is 2.92. The van der Waals surface area contributed by atoms with Crippen LogP contribution in [0.4, 0.5) is 5.69 Å². The van der Waals surface area contributed by atoms with Crippen LogP contribution in [0.15, 0.2) is 22.7 Å². The number of amides is 1. The van der Waals surface area contributed by atoms with Crippen LogP contribution < -0.4 is 0 Å². The Balaban J connectivity index is 2.77. The summed E-state index contributed by atoms with van der Waals surface area (Å²) >= 11 is 3.21. The first-order valence-corrected chi connectivity index (χ1v) is 7.06. The summed E-state index contributed by atoms with van der Waals surface area (Å²) in [6, 6.07) is 4.20. The van der Waals surface area contributed by atoms with Gasteiger partial charge in [-0.05, 0) is 12.5 Å². The number of carbonyl (C=O) groups excluding carboxylic acids is 1. The van der Waals surface area contributed by atoms with E-state index in [1.54, 1.807) is 6.92 Å². The van der Waals surface area contributed by atoms with Gasteiger partial charge in [-0.3, -0.25) is 19.7 Å². The number of nitro benzene ring substituents is 1. The van der Waals surface area contributed by atoms with E-state index in [0.717, 1.165) is 0 Å². The number of hydrogen-bond donors (Lipinski definition) is 1. The number of rotatable bonds is 7. The molecule has 114 valence electrons. The van der Waals surface area contributed by atoms with Crippen LogP contribution in [0.2, 0.25) is 0 Å². The molecule has 1 aromatic carbocycles. The van der Waals surface area contributed by atoms with E-state index >= 15 is 0 Å². The predicted molar refractivity (Wildman–Crippen MR) is 79.0 cm³/mol. The molecule has 0 aromatic heterocycles. The van der Waals surface area contributed by atoms with E-state index in [0.29, 0.717) is 16.6 Å². The molecule has 8 heteroatoms. The molecule has 0 radical (unpaired) electrons. The van der Waals surface area contributed by atoms with Crippen LogP contribution in [0, 0.1) is 10.1 Å². The molecule has 0 atom stereocenters. The monoisotopic (exact) mass is 358 g/mol. The summed E-state index contributed by atoms with van der Waals surface area (Å²) in [4.78, 5) is 34.2. The Labute approximate surface area is 129 Å². The first-order valence-electron chi connectivity index (χ1n) is 6.27. The summed E-state index contributed by atoms with van der Waals surface area (Å²) in [6.45, 7) is 2.33. The molecule has 1 rings (SSSR count). The fourth-order valence-electron chi connectivity index (χ4n) is 1.76. The minimum absolute atomic E-state index is 0.0590. The number of carboxylic acids is 1. The van der Waals surface area contributed by atoms with Crippen LogP contribution >= 0.6 is 15.9 Å². The standard InChI is InChI=1S/C13H15BrN2O5/c1-2-15(6-5-13(18)19)12(17)7-9-3-4-10(16(20)21)8-11(9)14/h3-4,8H,2,5-7H2,1H3,(H,18,19). The highest BCUT2D eigenvalue weighted by atomic mass is 79.9. The minimum Gasteiger partial charge on any atom is -0.481 e. The largest absolute Gasteiger partial charge is 0.481 e. The van der Waals surface area contributed by atoms with Crippen molar-refractivity contribution in [1.82, 2.24) is 4.90 Å². The fourth-order valence-corrected chi connectivity index (χ4v) is 2.26. The predicted octanol–water partition coefficient (Wildman–Crippen LogP) is 2.22. The molecule has 0 unspecified atom stereocenters. The van der Waals surface area contributed by atoms with Gasteiger partial charge in [-0.1, -0.05) is 22.0 Å². The summed E-state index contributed by atoms with van der Waals surface area (Å²) in [5, 5.41) is 19.3. The summed E-state index contributed by atoms with van der Waals surface area (Å²) < 4.78 is 0.485. The molecule has 0 bridgehead atoms. The highest BCUT2D eigenvalue weighted by Gasteiger charge is 2.16. The lowest BCUT2D eigenvalue weighted by Gasteiger charge is -2.20. The number of likely N-dealkylation sites (N-methyl/N-ethyl adjacent to an activating group) is 1. The third kappa shape index (κ3) is 5.14. The zero-order valence-corrected chi connectivity index (χ0v) is 13.0. The van der Waals surface area contributed by atoms with Gasteiger partial charge in [-0.15, -0.1) is 0 Å². The summed E-state index contributed by atoms with van der Waals surface area (Å²) in [6.07, 6.45) is -0.0486. The van der Waals surface area contributed by atoms with E-state index in [2.05, 4.69) is 15.9 Å². The van der Waals surface area contributed by atoms with Gasteiger partial charge in [0.05, 0.1) is 17.8 Å². The Bertz CT molecular complexity index is 561. The summed E-state index contributed by atoms with van der Waals surface area (Å²) in [5.74, 6) is -1.17. The molecule has 21 heavy (non-hydrogen) atoms. The number of carbonyl (C=O) groups is 2. The van der Waals surface area contributed by atoms with Crippen molar-refractivity contribution in [3.63, 3.8) is 0 Å². The van der Waals surface area contributed by atoms with Gasteiger partial charge in [0.15, 0.2) is 0 Å². The maximum absolute atomic E-state index is 12.1. The lowest BCUT2D eigenvalue weighted by atomic mass is 10.1. The Morgan fingerprint density at radius 1 is 1.43 bits per heavy atom. The molecule has 7 nitrogen and oxygen atoms in total. The van der Waals surface area contributed by atoms with E-state index in [9.17, 15) is 19.7 Å². The lowest BCUT2D eigenvalue weighted by Crippen LogP contribution is -2.34. The number of hydrogen-bond acceptors (Lipinski definition) is 4. The minimum atomic E-state index is -0.960. The second-order valence-corrected chi connectivity index (χ2v) is 5.18. The van der Waals surface area contributed by atoms with Gasteiger partial charge >= 0.3 is 5.97 Å². The van der Waals surface area contributed by atoms with Crippen molar-refractivity contribution in [3.8, 4) is 0 Å². The number of aliphatic carboxylic acids is 1. The molecular weight excluding hydrogens is 344 g/mol. The molecule has 1 aromatic rings. The Morgan fingerprint density at radius 2 is 2.10 bits per heavy atom. The molecule has 0 saturated heterocycles. The molecule has 1 N–H and O–H groups in total. The van der Waals surface area contributed by atoms with Gasteiger partial charge in [-0.2, -0.15) is 0 Å². The zero-order valence-electron chi connectivity index (χ0n) is 11.4. The molecule has 0 aliphatic carbocycles. The van der Waals surface area contributed by atoms with Gasteiger partial charge in [0.1, 0.15) is 0 Å². The van der Waals surface area contributed by atoms with Crippen molar-refractivity contribution in [2.75, 3.05) is 13.1 Å². The number of non-ortho nitro benzene ring substituents is 1. The highest BCUT2D eigenvalue weighted by molar-refractivity contribution is 9.10. The van der Waals surface area contributed by atoms with Crippen LogP contribution in [0.1, 0.15) is 18.9 Å². The molecular formula is C13H15BrN2O5. The topological polar surface area (TPSA) is 101 Å². The first kappa shape index (κ1) is 17.1. The highest BCUT2D eigenvalue weighted by Crippen LogP contribution is 2.23. The number of nitrogens with zero attached hydrogens (tertiary/aromatic N) is 2. The van der Waals surface area contributed by atoms with Crippen molar-refractivity contribution in [2.24, 2.45) is 0 Å².